The van der Waals surface area contributed by atoms with Crippen molar-refractivity contribution in [1.82, 2.24) is 29.9 Å². The van der Waals surface area contributed by atoms with Gasteiger partial charge in [-0.2, -0.15) is 0 Å². The van der Waals surface area contributed by atoms with E-state index in [2.05, 4.69) is 51.0 Å². The lowest BCUT2D eigenvalue weighted by atomic mass is 10.1. The Bertz CT molecular complexity index is 934. The van der Waals surface area contributed by atoms with Crippen molar-refractivity contribution in [3.8, 4) is 11.4 Å². The number of aryl methyl sites for hydroxylation is 1. The summed E-state index contributed by atoms with van der Waals surface area (Å²) in [5.74, 6) is 1.39. The van der Waals surface area contributed by atoms with Gasteiger partial charge in [0.2, 0.25) is 11.8 Å². The molecule has 0 bridgehead atoms. The van der Waals surface area contributed by atoms with Crippen LogP contribution in [0.25, 0.3) is 11.4 Å². The van der Waals surface area contributed by atoms with Crippen LogP contribution in [0.2, 0.25) is 0 Å². The minimum absolute atomic E-state index is 0.0983. The molecule has 2 heterocycles. The lowest BCUT2D eigenvalue weighted by molar-refractivity contribution is -0.130. The molecule has 0 spiro atoms. The Morgan fingerprint density at radius 1 is 1.13 bits per heavy atom. The SMILES string of the molecule is CCn1c(SCC(=O)N2CCN(CC(=O)NC3CC3)CC2)nnc1-c1ccccc1C. The van der Waals surface area contributed by atoms with Gasteiger partial charge in [0.15, 0.2) is 11.0 Å². The fourth-order valence-corrected chi connectivity index (χ4v) is 4.69. The molecule has 2 amide bonds. The van der Waals surface area contributed by atoms with Gasteiger partial charge in [0.25, 0.3) is 0 Å². The second-order valence-electron chi connectivity index (χ2n) is 8.15. The van der Waals surface area contributed by atoms with Crippen LogP contribution >= 0.6 is 11.8 Å². The Hall–Kier alpha value is -2.39. The number of hydrogen-bond acceptors (Lipinski definition) is 6. The van der Waals surface area contributed by atoms with E-state index in [0.717, 1.165) is 54.6 Å². The van der Waals surface area contributed by atoms with Gasteiger partial charge in [0.05, 0.1) is 12.3 Å². The largest absolute Gasteiger partial charge is 0.352 e. The molecule has 4 rings (SSSR count). The highest BCUT2D eigenvalue weighted by Gasteiger charge is 2.26. The molecule has 1 saturated carbocycles. The molecule has 2 aliphatic rings. The quantitative estimate of drug-likeness (QED) is 0.628. The Morgan fingerprint density at radius 3 is 2.55 bits per heavy atom. The molecule has 0 unspecified atom stereocenters. The number of amides is 2. The van der Waals surface area contributed by atoms with Gasteiger partial charge in [-0.25, -0.2) is 0 Å². The zero-order valence-corrected chi connectivity index (χ0v) is 19.0. The fourth-order valence-electron chi connectivity index (χ4n) is 3.78. The van der Waals surface area contributed by atoms with Crippen molar-refractivity contribution in [3.05, 3.63) is 29.8 Å². The Kier molecular flexibility index (Phi) is 6.92. The molecular formula is C22H30N6O2S. The van der Waals surface area contributed by atoms with Crippen LogP contribution in [0.5, 0.6) is 0 Å². The fraction of sp³-hybridized carbons (Fsp3) is 0.545. The van der Waals surface area contributed by atoms with E-state index in [9.17, 15) is 9.59 Å². The number of carbonyl (C=O) groups excluding carboxylic acids is 2. The Balaban J connectivity index is 1.28. The average Bonchev–Trinajstić information content (AvgIpc) is 3.49. The molecule has 2 aromatic rings. The highest BCUT2D eigenvalue weighted by molar-refractivity contribution is 7.99. The zero-order valence-electron chi connectivity index (χ0n) is 18.2. The zero-order chi connectivity index (χ0) is 21.8. The molecule has 1 N–H and O–H groups in total. The topological polar surface area (TPSA) is 83.4 Å². The molecule has 1 aliphatic heterocycles. The predicted octanol–water partition coefficient (Wildman–Crippen LogP) is 1.79. The second kappa shape index (κ2) is 9.82. The number of thioether (sulfide) groups is 1. The maximum Gasteiger partial charge on any atom is 0.234 e. The third-order valence-electron chi connectivity index (χ3n) is 5.78. The van der Waals surface area contributed by atoms with Gasteiger partial charge in [-0.05, 0) is 32.3 Å². The van der Waals surface area contributed by atoms with Gasteiger partial charge in [-0.3, -0.25) is 14.5 Å². The standard InChI is InChI=1S/C22H30N6O2S/c1-3-28-21(18-7-5-4-6-16(18)2)24-25-22(28)31-15-20(30)27-12-10-26(11-13-27)14-19(29)23-17-8-9-17/h4-7,17H,3,8-15H2,1-2H3,(H,23,29). The van der Waals surface area contributed by atoms with Crippen LogP contribution in [-0.4, -0.2) is 80.9 Å². The Labute approximate surface area is 187 Å². The predicted molar refractivity (Wildman–Crippen MR) is 121 cm³/mol. The maximum absolute atomic E-state index is 12.7. The van der Waals surface area contributed by atoms with Crippen molar-refractivity contribution in [2.75, 3.05) is 38.5 Å². The summed E-state index contributed by atoms with van der Waals surface area (Å²) in [6.45, 7) is 8.08. The molecule has 1 aromatic carbocycles. The third kappa shape index (κ3) is 5.46. The molecule has 2 fully saturated rings. The molecular weight excluding hydrogens is 412 g/mol. The summed E-state index contributed by atoms with van der Waals surface area (Å²) in [5, 5.41) is 12.5. The number of carbonyl (C=O) groups is 2. The van der Waals surface area contributed by atoms with Gasteiger partial charge in [-0.1, -0.05) is 36.0 Å². The van der Waals surface area contributed by atoms with Crippen molar-refractivity contribution in [1.29, 1.82) is 0 Å². The second-order valence-corrected chi connectivity index (χ2v) is 9.10. The molecule has 1 aliphatic carbocycles. The number of rotatable bonds is 8. The molecule has 1 aromatic heterocycles. The van der Waals surface area contributed by atoms with Crippen LogP contribution in [0.3, 0.4) is 0 Å². The molecule has 1 saturated heterocycles. The summed E-state index contributed by atoms with van der Waals surface area (Å²) < 4.78 is 2.07. The first kappa shape index (κ1) is 21.8. The van der Waals surface area contributed by atoms with Gasteiger partial charge in [0, 0.05) is 44.3 Å². The van der Waals surface area contributed by atoms with Crippen molar-refractivity contribution in [3.63, 3.8) is 0 Å². The summed E-state index contributed by atoms with van der Waals surface area (Å²) in [6, 6.07) is 8.52. The van der Waals surface area contributed by atoms with Crippen LogP contribution in [0, 0.1) is 6.92 Å². The normalized spacial score (nSPS) is 17.0. The van der Waals surface area contributed by atoms with Crippen molar-refractivity contribution < 1.29 is 9.59 Å². The van der Waals surface area contributed by atoms with Crippen LogP contribution in [0.15, 0.2) is 29.4 Å². The monoisotopic (exact) mass is 442 g/mol. The molecule has 0 atom stereocenters. The smallest absolute Gasteiger partial charge is 0.234 e. The highest BCUT2D eigenvalue weighted by atomic mass is 32.2. The first-order valence-electron chi connectivity index (χ1n) is 11.0. The summed E-state index contributed by atoms with van der Waals surface area (Å²) >= 11 is 1.44. The Morgan fingerprint density at radius 2 is 1.87 bits per heavy atom. The van der Waals surface area contributed by atoms with Crippen LogP contribution in [0.4, 0.5) is 0 Å². The number of nitrogens with one attached hydrogen (secondary N) is 1. The minimum atomic E-state index is 0.0983. The number of aromatic nitrogens is 3. The van der Waals surface area contributed by atoms with Crippen LogP contribution in [-0.2, 0) is 16.1 Å². The van der Waals surface area contributed by atoms with Gasteiger partial charge in [0.1, 0.15) is 0 Å². The summed E-state index contributed by atoms with van der Waals surface area (Å²) in [6.07, 6.45) is 2.20. The first-order valence-corrected chi connectivity index (χ1v) is 11.9. The number of hydrogen-bond donors (Lipinski definition) is 1. The minimum Gasteiger partial charge on any atom is -0.352 e. The number of benzene rings is 1. The van der Waals surface area contributed by atoms with Gasteiger partial charge >= 0.3 is 0 Å². The van der Waals surface area contributed by atoms with E-state index in [1.54, 1.807) is 0 Å². The van der Waals surface area contributed by atoms with E-state index < -0.39 is 0 Å². The van der Waals surface area contributed by atoms with E-state index in [-0.39, 0.29) is 11.8 Å². The van der Waals surface area contributed by atoms with E-state index >= 15 is 0 Å². The maximum atomic E-state index is 12.7. The lowest BCUT2D eigenvalue weighted by Gasteiger charge is -2.34. The lowest BCUT2D eigenvalue weighted by Crippen LogP contribution is -2.51. The number of nitrogens with zero attached hydrogens (tertiary/aromatic N) is 5. The third-order valence-corrected chi connectivity index (χ3v) is 6.73. The first-order chi connectivity index (χ1) is 15.0. The van der Waals surface area contributed by atoms with Crippen molar-refractivity contribution >= 4 is 23.6 Å². The van der Waals surface area contributed by atoms with Gasteiger partial charge in [-0.15, -0.1) is 10.2 Å². The van der Waals surface area contributed by atoms with Crippen LogP contribution < -0.4 is 5.32 Å². The summed E-state index contributed by atoms with van der Waals surface area (Å²) in [5.41, 5.74) is 2.22. The van der Waals surface area contributed by atoms with E-state index in [1.807, 2.05) is 17.0 Å². The molecule has 8 nitrogen and oxygen atoms in total. The van der Waals surface area contributed by atoms with Gasteiger partial charge < -0.3 is 14.8 Å². The van der Waals surface area contributed by atoms with Crippen molar-refractivity contribution in [2.45, 2.75) is 44.4 Å². The summed E-state index contributed by atoms with van der Waals surface area (Å²) in [4.78, 5) is 28.7. The van der Waals surface area contributed by atoms with E-state index in [1.165, 1.54) is 11.8 Å². The number of piperazine rings is 1. The molecule has 0 radical (unpaired) electrons. The molecule has 166 valence electrons. The van der Waals surface area contributed by atoms with Crippen molar-refractivity contribution in [2.24, 2.45) is 0 Å². The average molecular weight is 443 g/mol. The molecule has 9 heteroatoms. The highest BCUT2D eigenvalue weighted by Crippen LogP contribution is 2.26. The van der Waals surface area contributed by atoms with E-state index in [4.69, 9.17) is 0 Å². The van der Waals surface area contributed by atoms with E-state index in [0.29, 0.717) is 31.4 Å². The molecule has 31 heavy (non-hydrogen) atoms. The van der Waals surface area contributed by atoms with Crippen LogP contribution in [0.1, 0.15) is 25.3 Å². The summed E-state index contributed by atoms with van der Waals surface area (Å²) in [7, 11) is 0.